The number of carbonyl (C=O) groups is 1. The minimum Gasteiger partial charge on any atom is -0.497 e. The van der Waals surface area contributed by atoms with Crippen molar-refractivity contribution in [3.8, 4) is 16.9 Å². The number of hydrogen-bond donors (Lipinski definition) is 3. The Kier molecular flexibility index (Phi) is 13.6. The molecule has 2 heterocycles. The summed E-state index contributed by atoms with van der Waals surface area (Å²) in [4.78, 5) is 18.3. The first-order valence-electron chi connectivity index (χ1n) is 12.1. The highest BCUT2D eigenvalue weighted by Crippen LogP contribution is 2.17. The number of anilines is 1. The van der Waals surface area contributed by atoms with E-state index in [9.17, 15) is 4.79 Å². The number of aliphatic hydroxyl groups excluding tert-OH is 1. The number of pyridine rings is 1. The highest BCUT2D eigenvalue weighted by Gasteiger charge is 2.13. The van der Waals surface area contributed by atoms with Crippen molar-refractivity contribution >= 4 is 11.7 Å². The van der Waals surface area contributed by atoms with Crippen LogP contribution >= 0.6 is 0 Å². The average Bonchev–Trinajstić information content (AvgIpc) is 2.94. The molecule has 0 saturated carbocycles. The molecule has 188 valence electrons. The van der Waals surface area contributed by atoms with Crippen LogP contribution < -0.4 is 15.4 Å². The van der Waals surface area contributed by atoms with Crippen LogP contribution in [0.1, 0.15) is 25.7 Å². The van der Waals surface area contributed by atoms with Crippen molar-refractivity contribution in [3.05, 3.63) is 79.1 Å². The lowest BCUT2D eigenvalue weighted by atomic mass is 10.1. The van der Waals surface area contributed by atoms with E-state index in [0.29, 0.717) is 0 Å². The molecule has 0 spiro atoms. The SMILES string of the molecule is CO.COc1ccc(NC(=O)N2CCCCNCCCC2)cc1.c1ccc(-c2cccnc2)cc1. The zero-order chi connectivity index (χ0) is 25.1. The standard InChI is InChI=1S/C16H25N3O2.C11H9N.CH4O/c1-21-15-8-6-14(7-9-15)18-16(20)19-12-4-2-10-17-11-3-5-13-19;1-2-5-10(6-3-1)11-7-4-8-12-9-11;1-2/h6-9,17H,2-5,10-13H2,1H3,(H,18,20);1-9H;2H,1H3. The molecule has 4 rings (SSSR count). The fourth-order valence-electron chi connectivity index (χ4n) is 3.59. The van der Waals surface area contributed by atoms with E-state index in [2.05, 4.69) is 33.8 Å². The lowest BCUT2D eigenvalue weighted by molar-refractivity contribution is 0.208. The summed E-state index contributed by atoms with van der Waals surface area (Å²) in [5.74, 6) is 0.791. The van der Waals surface area contributed by atoms with Crippen molar-refractivity contribution in [2.45, 2.75) is 25.7 Å². The van der Waals surface area contributed by atoms with Gasteiger partial charge in [-0.05, 0) is 80.2 Å². The third kappa shape index (κ3) is 10.6. The van der Waals surface area contributed by atoms with Crippen molar-refractivity contribution in [1.82, 2.24) is 15.2 Å². The molecule has 1 aromatic heterocycles. The summed E-state index contributed by atoms with van der Waals surface area (Å²) in [6.07, 6.45) is 7.98. The average molecular weight is 479 g/mol. The topological polar surface area (TPSA) is 86.7 Å². The Balaban J connectivity index is 0.000000260. The number of ether oxygens (including phenoxy) is 1. The van der Waals surface area contributed by atoms with E-state index in [1.807, 2.05) is 59.6 Å². The Morgan fingerprint density at radius 1 is 0.886 bits per heavy atom. The molecule has 7 heteroatoms. The molecule has 0 atom stereocenters. The van der Waals surface area contributed by atoms with E-state index in [0.717, 1.165) is 76.0 Å². The molecule has 3 aromatic rings. The lowest BCUT2D eigenvalue weighted by Crippen LogP contribution is -2.37. The summed E-state index contributed by atoms with van der Waals surface area (Å²) in [5, 5.41) is 13.4. The Labute approximate surface area is 209 Å². The van der Waals surface area contributed by atoms with Gasteiger partial charge in [0.05, 0.1) is 7.11 Å². The molecule has 3 N–H and O–H groups in total. The first kappa shape index (κ1) is 27.8. The minimum absolute atomic E-state index is 0.00583. The van der Waals surface area contributed by atoms with E-state index < -0.39 is 0 Å². The molecule has 2 aromatic carbocycles. The number of aliphatic hydroxyl groups is 1. The van der Waals surface area contributed by atoms with Crippen LogP contribution in [0.4, 0.5) is 10.5 Å². The van der Waals surface area contributed by atoms with E-state index in [1.165, 1.54) is 5.56 Å². The van der Waals surface area contributed by atoms with Gasteiger partial charge in [0.25, 0.3) is 0 Å². The van der Waals surface area contributed by atoms with Crippen molar-refractivity contribution in [3.63, 3.8) is 0 Å². The maximum absolute atomic E-state index is 12.4. The maximum atomic E-state index is 12.4. The highest BCUT2D eigenvalue weighted by atomic mass is 16.5. The van der Waals surface area contributed by atoms with Crippen molar-refractivity contribution < 1.29 is 14.6 Å². The van der Waals surface area contributed by atoms with Crippen LogP contribution in [0.15, 0.2) is 79.1 Å². The van der Waals surface area contributed by atoms with Crippen LogP contribution in [0.5, 0.6) is 5.75 Å². The van der Waals surface area contributed by atoms with Gasteiger partial charge in [0.1, 0.15) is 5.75 Å². The predicted molar refractivity (Wildman–Crippen MR) is 143 cm³/mol. The Morgan fingerprint density at radius 3 is 2.09 bits per heavy atom. The van der Waals surface area contributed by atoms with Crippen LogP contribution in [0.2, 0.25) is 0 Å². The first-order valence-corrected chi connectivity index (χ1v) is 12.1. The van der Waals surface area contributed by atoms with Crippen LogP contribution in [0, 0.1) is 0 Å². The van der Waals surface area contributed by atoms with Gasteiger partial charge >= 0.3 is 6.03 Å². The lowest BCUT2D eigenvalue weighted by Gasteiger charge is -2.24. The fraction of sp³-hybridized carbons (Fsp3) is 0.357. The smallest absolute Gasteiger partial charge is 0.321 e. The molecule has 2 amide bonds. The fourth-order valence-corrected chi connectivity index (χ4v) is 3.59. The van der Waals surface area contributed by atoms with Crippen LogP contribution in [0.25, 0.3) is 11.1 Å². The second-order valence-electron chi connectivity index (χ2n) is 7.92. The number of benzene rings is 2. The van der Waals surface area contributed by atoms with E-state index in [4.69, 9.17) is 9.84 Å². The number of amides is 2. The van der Waals surface area contributed by atoms with Crippen LogP contribution in [-0.4, -0.2) is 61.4 Å². The summed E-state index contributed by atoms with van der Waals surface area (Å²) in [6, 6.07) is 21.7. The summed E-state index contributed by atoms with van der Waals surface area (Å²) >= 11 is 0. The number of carbonyl (C=O) groups excluding carboxylic acids is 1. The van der Waals surface area contributed by atoms with Crippen molar-refractivity contribution in [2.24, 2.45) is 0 Å². The molecule has 7 nitrogen and oxygen atoms in total. The van der Waals surface area contributed by atoms with Gasteiger partial charge in [-0.1, -0.05) is 36.4 Å². The van der Waals surface area contributed by atoms with Crippen LogP contribution in [0.3, 0.4) is 0 Å². The second kappa shape index (κ2) is 17.1. The zero-order valence-electron chi connectivity index (χ0n) is 20.8. The van der Waals surface area contributed by atoms with Gasteiger partial charge in [0, 0.05) is 38.3 Å². The molecule has 35 heavy (non-hydrogen) atoms. The number of rotatable bonds is 3. The van der Waals surface area contributed by atoms with Gasteiger partial charge in [-0.25, -0.2) is 4.79 Å². The number of methoxy groups -OCH3 is 1. The van der Waals surface area contributed by atoms with Crippen LogP contribution in [-0.2, 0) is 0 Å². The number of hydrogen-bond acceptors (Lipinski definition) is 5. The van der Waals surface area contributed by atoms with E-state index in [1.54, 1.807) is 13.3 Å². The number of aromatic nitrogens is 1. The zero-order valence-corrected chi connectivity index (χ0v) is 20.8. The third-order valence-electron chi connectivity index (χ3n) is 5.46. The van der Waals surface area contributed by atoms with Gasteiger partial charge in [0.15, 0.2) is 0 Å². The predicted octanol–water partition coefficient (Wildman–Crippen LogP) is 5.05. The molecular formula is C28H38N4O3. The van der Waals surface area contributed by atoms with Gasteiger partial charge < -0.3 is 25.4 Å². The third-order valence-corrected chi connectivity index (χ3v) is 5.46. The number of nitrogens with zero attached hydrogens (tertiary/aromatic N) is 2. The monoisotopic (exact) mass is 478 g/mol. The Morgan fingerprint density at radius 2 is 1.51 bits per heavy atom. The van der Waals surface area contributed by atoms with E-state index in [-0.39, 0.29) is 6.03 Å². The second-order valence-corrected chi connectivity index (χ2v) is 7.92. The molecule has 1 aliphatic heterocycles. The first-order chi connectivity index (χ1) is 17.3. The molecule has 0 radical (unpaired) electrons. The summed E-state index contributed by atoms with van der Waals surface area (Å²) < 4.78 is 5.12. The van der Waals surface area contributed by atoms with Gasteiger partial charge in [-0.3, -0.25) is 4.98 Å². The molecule has 0 unspecified atom stereocenters. The van der Waals surface area contributed by atoms with Gasteiger partial charge in [0.2, 0.25) is 0 Å². The van der Waals surface area contributed by atoms with Gasteiger partial charge in [-0.2, -0.15) is 0 Å². The molecular weight excluding hydrogens is 440 g/mol. The summed E-state index contributed by atoms with van der Waals surface area (Å²) in [7, 11) is 2.63. The quantitative estimate of drug-likeness (QED) is 0.490. The minimum atomic E-state index is -0.00583. The summed E-state index contributed by atoms with van der Waals surface area (Å²) in [5.41, 5.74) is 3.18. The molecule has 1 fully saturated rings. The molecule has 1 saturated heterocycles. The number of urea groups is 1. The van der Waals surface area contributed by atoms with Crippen molar-refractivity contribution in [2.75, 3.05) is 45.7 Å². The van der Waals surface area contributed by atoms with Gasteiger partial charge in [-0.15, -0.1) is 0 Å². The highest BCUT2D eigenvalue weighted by molar-refractivity contribution is 5.89. The molecule has 0 bridgehead atoms. The van der Waals surface area contributed by atoms with Crippen molar-refractivity contribution in [1.29, 1.82) is 0 Å². The molecule has 1 aliphatic rings. The Bertz CT molecular complexity index is 890. The Hall–Kier alpha value is -3.42. The molecule has 0 aliphatic carbocycles. The summed E-state index contributed by atoms with van der Waals surface area (Å²) in [6.45, 7) is 3.75. The maximum Gasteiger partial charge on any atom is 0.321 e. The number of nitrogens with one attached hydrogen (secondary N) is 2. The normalized spacial score (nSPS) is 13.7. The largest absolute Gasteiger partial charge is 0.497 e. The van der Waals surface area contributed by atoms with E-state index >= 15 is 0 Å².